The lowest BCUT2D eigenvalue weighted by atomic mass is 9.44. The maximum atomic E-state index is 10.5. The second-order valence-electron chi connectivity index (χ2n) is 10.4. The van der Waals surface area contributed by atoms with E-state index in [1.807, 2.05) is 0 Å². The number of hydrogen-bond acceptors (Lipinski definition) is 1. The smallest absolute Gasteiger partial charge is 0.0622 e. The summed E-state index contributed by atoms with van der Waals surface area (Å²) in [5.41, 5.74) is 0.783. The van der Waals surface area contributed by atoms with Crippen LogP contribution in [0.5, 0.6) is 0 Å². The molecule has 0 saturated heterocycles. The van der Waals surface area contributed by atoms with Crippen LogP contribution in [-0.4, -0.2) is 10.7 Å². The van der Waals surface area contributed by atoms with Crippen molar-refractivity contribution in [3.8, 4) is 0 Å². The van der Waals surface area contributed by atoms with E-state index in [0.29, 0.717) is 10.8 Å². The van der Waals surface area contributed by atoms with Gasteiger partial charge >= 0.3 is 0 Å². The van der Waals surface area contributed by atoms with E-state index in [9.17, 15) is 5.11 Å². The highest BCUT2D eigenvalue weighted by atomic mass is 16.3. The maximum Gasteiger partial charge on any atom is 0.0622 e. The molecular weight excluding hydrogens is 268 g/mol. The van der Waals surface area contributed by atoms with Crippen LogP contribution in [0.3, 0.4) is 0 Å². The van der Waals surface area contributed by atoms with E-state index in [4.69, 9.17) is 0 Å². The Labute approximate surface area is 137 Å². The fourth-order valence-corrected chi connectivity index (χ4v) is 7.69. The largest absolute Gasteiger partial charge is 0.390 e. The molecule has 22 heavy (non-hydrogen) atoms. The molecule has 0 amide bonds. The van der Waals surface area contributed by atoms with Gasteiger partial charge in [-0.05, 0) is 105 Å². The quantitative estimate of drug-likeness (QED) is 0.634. The summed E-state index contributed by atoms with van der Waals surface area (Å²) in [7, 11) is 0. The van der Waals surface area contributed by atoms with Gasteiger partial charge in [0.25, 0.3) is 0 Å². The van der Waals surface area contributed by atoms with Gasteiger partial charge in [0.15, 0.2) is 0 Å². The molecular formula is C21H36O. The van der Waals surface area contributed by atoms with Crippen LogP contribution in [0.15, 0.2) is 0 Å². The Morgan fingerprint density at radius 3 is 2.27 bits per heavy atom. The van der Waals surface area contributed by atoms with Crippen molar-refractivity contribution in [3.05, 3.63) is 0 Å². The van der Waals surface area contributed by atoms with Gasteiger partial charge in [-0.25, -0.2) is 0 Å². The minimum Gasteiger partial charge on any atom is -0.390 e. The van der Waals surface area contributed by atoms with Crippen LogP contribution < -0.4 is 0 Å². The fraction of sp³-hybridized carbons (Fsp3) is 1.00. The molecule has 126 valence electrons. The van der Waals surface area contributed by atoms with Crippen LogP contribution >= 0.6 is 0 Å². The van der Waals surface area contributed by atoms with Gasteiger partial charge in [0, 0.05) is 0 Å². The zero-order valence-electron chi connectivity index (χ0n) is 15.2. The molecule has 4 saturated carbocycles. The Hall–Kier alpha value is -0.0400. The molecule has 8 unspecified atom stereocenters. The minimum absolute atomic E-state index is 0.387. The molecule has 4 fully saturated rings. The predicted octanol–water partition coefficient (Wildman–Crippen LogP) is 5.42. The zero-order chi connectivity index (χ0) is 15.8. The first-order valence-corrected chi connectivity index (χ1v) is 9.99. The van der Waals surface area contributed by atoms with Crippen molar-refractivity contribution < 1.29 is 5.11 Å². The van der Waals surface area contributed by atoms with Crippen molar-refractivity contribution in [2.75, 3.05) is 0 Å². The van der Waals surface area contributed by atoms with Crippen molar-refractivity contribution in [3.63, 3.8) is 0 Å². The molecule has 0 aromatic rings. The number of hydrogen-bond donors (Lipinski definition) is 1. The lowest BCUT2D eigenvalue weighted by Crippen LogP contribution is -2.55. The van der Waals surface area contributed by atoms with Gasteiger partial charge in [-0.1, -0.05) is 20.8 Å². The van der Waals surface area contributed by atoms with Crippen LogP contribution in [0.4, 0.5) is 0 Å². The Balaban J connectivity index is 1.62. The molecule has 0 radical (unpaired) electrons. The van der Waals surface area contributed by atoms with Gasteiger partial charge < -0.3 is 5.11 Å². The molecule has 4 aliphatic carbocycles. The molecule has 1 nitrogen and oxygen atoms in total. The first-order valence-electron chi connectivity index (χ1n) is 9.99. The van der Waals surface area contributed by atoms with Gasteiger partial charge in [-0.3, -0.25) is 0 Å². The lowest BCUT2D eigenvalue weighted by Gasteiger charge is -2.61. The van der Waals surface area contributed by atoms with Gasteiger partial charge in [-0.2, -0.15) is 0 Å². The van der Waals surface area contributed by atoms with E-state index in [1.54, 1.807) is 0 Å². The van der Waals surface area contributed by atoms with E-state index in [2.05, 4.69) is 27.7 Å². The molecule has 0 bridgehead atoms. The normalized spacial score (nSPS) is 61.2. The van der Waals surface area contributed by atoms with E-state index < -0.39 is 0 Å². The Kier molecular flexibility index (Phi) is 3.34. The summed E-state index contributed by atoms with van der Waals surface area (Å²) in [5.74, 6) is 4.66. The first-order chi connectivity index (χ1) is 10.3. The fourth-order valence-electron chi connectivity index (χ4n) is 7.69. The minimum atomic E-state index is -0.387. The Morgan fingerprint density at radius 1 is 0.773 bits per heavy atom. The molecule has 0 aliphatic heterocycles. The molecule has 1 heteroatoms. The topological polar surface area (TPSA) is 20.2 Å². The van der Waals surface area contributed by atoms with Crippen LogP contribution in [0.1, 0.15) is 85.5 Å². The van der Waals surface area contributed by atoms with E-state index >= 15 is 0 Å². The highest BCUT2D eigenvalue weighted by Crippen LogP contribution is 2.67. The average molecular weight is 305 g/mol. The van der Waals surface area contributed by atoms with Crippen LogP contribution in [0, 0.1) is 40.4 Å². The summed E-state index contributed by atoms with van der Waals surface area (Å²) in [6.07, 6.45) is 12.1. The van der Waals surface area contributed by atoms with Crippen molar-refractivity contribution in [1.29, 1.82) is 0 Å². The highest BCUT2D eigenvalue weighted by molar-refractivity contribution is 5.09. The highest BCUT2D eigenvalue weighted by Gasteiger charge is 2.60. The summed E-state index contributed by atoms with van der Waals surface area (Å²) in [5, 5.41) is 10.5. The van der Waals surface area contributed by atoms with Crippen molar-refractivity contribution >= 4 is 0 Å². The molecule has 1 N–H and O–H groups in total. The summed E-state index contributed by atoms with van der Waals surface area (Å²) in [6, 6.07) is 0. The van der Waals surface area contributed by atoms with E-state index in [-0.39, 0.29) is 5.60 Å². The molecule has 0 heterocycles. The summed E-state index contributed by atoms with van der Waals surface area (Å²) < 4.78 is 0. The first kappa shape index (κ1) is 15.5. The molecule has 0 aromatic carbocycles. The summed E-state index contributed by atoms with van der Waals surface area (Å²) >= 11 is 0. The molecule has 0 aromatic heterocycles. The van der Waals surface area contributed by atoms with Gasteiger partial charge in [0.2, 0.25) is 0 Å². The van der Waals surface area contributed by atoms with Crippen molar-refractivity contribution in [2.45, 2.75) is 91.1 Å². The zero-order valence-corrected chi connectivity index (χ0v) is 15.2. The third kappa shape index (κ3) is 2.00. The van der Waals surface area contributed by atoms with E-state index in [1.165, 1.54) is 44.9 Å². The number of fused-ring (bicyclic) bond motifs is 5. The molecule has 4 rings (SSSR count). The second kappa shape index (κ2) is 4.74. The lowest BCUT2D eigenvalue weighted by molar-refractivity contribution is -0.145. The third-order valence-electron chi connectivity index (χ3n) is 9.43. The monoisotopic (exact) mass is 304 g/mol. The number of rotatable bonds is 0. The van der Waals surface area contributed by atoms with Crippen LogP contribution in [0.25, 0.3) is 0 Å². The SMILES string of the molecule is CC1CCC2C3CCC4CC(C)(O)CCC4(C)C3CCC12C. The molecule has 8 atom stereocenters. The van der Waals surface area contributed by atoms with Crippen LogP contribution in [0.2, 0.25) is 0 Å². The van der Waals surface area contributed by atoms with Gasteiger partial charge in [0.1, 0.15) is 0 Å². The van der Waals surface area contributed by atoms with Gasteiger partial charge in [-0.15, -0.1) is 0 Å². The second-order valence-corrected chi connectivity index (χ2v) is 10.4. The maximum absolute atomic E-state index is 10.5. The Morgan fingerprint density at radius 2 is 1.50 bits per heavy atom. The van der Waals surface area contributed by atoms with Gasteiger partial charge in [0.05, 0.1) is 5.60 Å². The summed E-state index contributed by atoms with van der Waals surface area (Å²) in [4.78, 5) is 0. The average Bonchev–Trinajstić information content (AvgIpc) is 2.76. The van der Waals surface area contributed by atoms with Crippen molar-refractivity contribution in [1.82, 2.24) is 0 Å². The number of aliphatic hydroxyl groups is 1. The molecule has 0 spiro atoms. The standard InChI is InChI=1S/C21H36O/c1-14-5-8-17-16-7-6-15-13-19(2,22)11-12-21(15,4)18(16)9-10-20(14,17)3/h14-18,22H,5-13H2,1-4H3. The third-order valence-corrected chi connectivity index (χ3v) is 9.43. The Bertz CT molecular complexity index is 455. The summed E-state index contributed by atoms with van der Waals surface area (Å²) in [6.45, 7) is 9.82. The molecule has 4 aliphatic rings. The predicted molar refractivity (Wildman–Crippen MR) is 91.5 cm³/mol. The van der Waals surface area contributed by atoms with E-state index in [0.717, 1.165) is 42.4 Å². The van der Waals surface area contributed by atoms with Crippen molar-refractivity contribution in [2.24, 2.45) is 40.4 Å². The van der Waals surface area contributed by atoms with Crippen LogP contribution in [-0.2, 0) is 0 Å².